The minimum absolute atomic E-state index is 0.0358. The molecule has 0 aliphatic heterocycles. The van der Waals surface area contributed by atoms with Crippen LogP contribution in [-0.2, 0) is 6.61 Å². The summed E-state index contributed by atoms with van der Waals surface area (Å²) in [4.78, 5) is 14.7. The molecule has 0 aliphatic carbocycles. The Bertz CT molecular complexity index is 596. The molecule has 0 saturated carbocycles. The van der Waals surface area contributed by atoms with Gasteiger partial charge in [0.2, 0.25) is 0 Å². The predicted octanol–water partition coefficient (Wildman–Crippen LogP) is 3.67. The SMILES string of the molecule is O=C(O)c1cccc(COc2c(Cl)cccc2Cl)n1. The van der Waals surface area contributed by atoms with Crippen molar-refractivity contribution < 1.29 is 14.6 Å². The van der Waals surface area contributed by atoms with Crippen LogP contribution in [0.25, 0.3) is 0 Å². The molecule has 19 heavy (non-hydrogen) atoms. The summed E-state index contributed by atoms with van der Waals surface area (Å²) in [6.45, 7) is 0.0879. The lowest BCUT2D eigenvalue weighted by molar-refractivity contribution is 0.0690. The standard InChI is InChI=1S/C13H9Cl2NO3/c14-9-4-2-5-10(15)12(9)19-7-8-3-1-6-11(16-8)13(17)18/h1-6H,7H2,(H,17,18). The van der Waals surface area contributed by atoms with Crippen LogP contribution in [0.4, 0.5) is 0 Å². The summed E-state index contributed by atoms with van der Waals surface area (Å²) in [7, 11) is 0. The molecule has 2 rings (SSSR count). The van der Waals surface area contributed by atoms with Crippen molar-refractivity contribution in [1.82, 2.24) is 4.98 Å². The van der Waals surface area contributed by atoms with E-state index in [2.05, 4.69) is 4.98 Å². The Labute approximate surface area is 119 Å². The number of benzene rings is 1. The molecule has 0 amide bonds. The zero-order chi connectivity index (χ0) is 13.8. The lowest BCUT2D eigenvalue weighted by Crippen LogP contribution is -2.05. The quantitative estimate of drug-likeness (QED) is 0.935. The maximum absolute atomic E-state index is 10.8. The van der Waals surface area contributed by atoms with Gasteiger partial charge in [-0.15, -0.1) is 0 Å². The van der Waals surface area contributed by atoms with Crippen molar-refractivity contribution in [3.05, 3.63) is 57.8 Å². The molecule has 4 nitrogen and oxygen atoms in total. The maximum atomic E-state index is 10.8. The normalized spacial score (nSPS) is 10.2. The van der Waals surface area contributed by atoms with E-state index in [1.165, 1.54) is 6.07 Å². The molecule has 0 unspecified atom stereocenters. The van der Waals surface area contributed by atoms with E-state index in [4.69, 9.17) is 33.0 Å². The smallest absolute Gasteiger partial charge is 0.354 e. The molecule has 0 bridgehead atoms. The fourth-order valence-corrected chi connectivity index (χ4v) is 1.95. The van der Waals surface area contributed by atoms with Gasteiger partial charge in [0.15, 0.2) is 5.75 Å². The number of hydrogen-bond donors (Lipinski definition) is 1. The van der Waals surface area contributed by atoms with E-state index in [9.17, 15) is 4.79 Å². The number of hydrogen-bond acceptors (Lipinski definition) is 3. The Morgan fingerprint density at radius 2 is 1.79 bits per heavy atom. The van der Waals surface area contributed by atoms with Crippen molar-refractivity contribution in [2.45, 2.75) is 6.61 Å². The van der Waals surface area contributed by atoms with Crippen LogP contribution in [0.3, 0.4) is 0 Å². The minimum atomic E-state index is -1.09. The molecule has 98 valence electrons. The molecule has 1 N–H and O–H groups in total. The topological polar surface area (TPSA) is 59.4 Å². The van der Waals surface area contributed by atoms with Crippen LogP contribution in [0, 0.1) is 0 Å². The summed E-state index contributed by atoms with van der Waals surface area (Å²) >= 11 is 11.9. The Kier molecular flexibility index (Phi) is 4.24. The number of aromatic carboxylic acids is 1. The van der Waals surface area contributed by atoms with Crippen LogP contribution in [0.5, 0.6) is 5.75 Å². The van der Waals surface area contributed by atoms with E-state index in [1.807, 2.05) is 0 Å². The molecule has 2 aromatic rings. The number of nitrogens with zero attached hydrogens (tertiary/aromatic N) is 1. The molecule has 6 heteroatoms. The third kappa shape index (κ3) is 3.36. The molecule has 1 heterocycles. The van der Waals surface area contributed by atoms with Crippen LogP contribution in [0.1, 0.15) is 16.2 Å². The third-order valence-corrected chi connectivity index (χ3v) is 2.90. The van der Waals surface area contributed by atoms with Gasteiger partial charge < -0.3 is 9.84 Å². The number of halogens is 2. The van der Waals surface area contributed by atoms with E-state index in [0.29, 0.717) is 21.5 Å². The van der Waals surface area contributed by atoms with Gasteiger partial charge in [0.25, 0.3) is 0 Å². The van der Waals surface area contributed by atoms with E-state index in [1.54, 1.807) is 30.3 Å². The first-order valence-electron chi connectivity index (χ1n) is 5.34. The molecule has 1 aromatic heterocycles. The van der Waals surface area contributed by atoms with E-state index in [-0.39, 0.29) is 12.3 Å². The first-order chi connectivity index (χ1) is 9.08. The van der Waals surface area contributed by atoms with Gasteiger partial charge in [-0.25, -0.2) is 9.78 Å². The van der Waals surface area contributed by atoms with Gasteiger partial charge in [0, 0.05) is 0 Å². The molecular formula is C13H9Cl2NO3. The van der Waals surface area contributed by atoms with E-state index in [0.717, 1.165) is 0 Å². The van der Waals surface area contributed by atoms with Crippen LogP contribution < -0.4 is 4.74 Å². The van der Waals surface area contributed by atoms with Crippen molar-refractivity contribution >= 4 is 29.2 Å². The van der Waals surface area contributed by atoms with Gasteiger partial charge in [0.05, 0.1) is 15.7 Å². The Morgan fingerprint density at radius 3 is 2.42 bits per heavy atom. The van der Waals surface area contributed by atoms with Crippen molar-refractivity contribution in [1.29, 1.82) is 0 Å². The number of pyridine rings is 1. The van der Waals surface area contributed by atoms with Crippen molar-refractivity contribution in [3.8, 4) is 5.75 Å². The van der Waals surface area contributed by atoms with Crippen molar-refractivity contribution in [2.24, 2.45) is 0 Å². The average Bonchev–Trinajstić information content (AvgIpc) is 2.38. The largest absolute Gasteiger partial charge is 0.484 e. The number of para-hydroxylation sites is 1. The lowest BCUT2D eigenvalue weighted by atomic mass is 10.3. The molecular weight excluding hydrogens is 289 g/mol. The maximum Gasteiger partial charge on any atom is 0.354 e. The van der Waals surface area contributed by atoms with Gasteiger partial charge in [-0.3, -0.25) is 0 Å². The second-order valence-electron chi connectivity index (χ2n) is 3.66. The number of aromatic nitrogens is 1. The number of rotatable bonds is 4. The molecule has 1 aromatic carbocycles. The van der Waals surface area contributed by atoms with Gasteiger partial charge in [-0.2, -0.15) is 0 Å². The zero-order valence-corrected chi connectivity index (χ0v) is 11.1. The summed E-state index contributed by atoms with van der Waals surface area (Å²) in [5, 5.41) is 9.62. The fraction of sp³-hybridized carbons (Fsp3) is 0.0769. The lowest BCUT2D eigenvalue weighted by Gasteiger charge is -2.09. The second kappa shape index (κ2) is 5.91. The van der Waals surface area contributed by atoms with E-state index >= 15 is 0 Å². The van der Waals surface area contributed by atoms with Crippen molar-refractivity contribution in [3.63, 3.8) is 0 Å². The Hall–Kier alpha value is -1.78. The van der Waals surface area contributed by atoms with Crippen LogP contribution >= 0.6 is 23.2 Å². The van der Waals surface area contributed by atoms with Crippen molar-refractivity contribution in [2.75, 3.05) is 0 Å². The van der Waals surface area contributed by atoms with E-state index < -0.39 is 5.97 Å². The molecule has 0 aliphatic rings. The highest BCUT2D eigenvalue weighted by atomic mass is 35.5. The van der Waals surface area contributed by atoms with Gasteiger partial charge in [-0.1, -0.05) is 35.3 Å². The second-order valence-corrected chi connectivity index (χ2v) is 4.47. The number of carboxylic acid groups (broad SMARTS) is 1. The first kappa shape index (κ1) is 13.6. The summed E-state index contributed by atoms with van der Waals surface area (Å²) in [6.07, 6.45) is 0. The molecule has 0 atom stereocenters. The van der Waals surface area contributed by atoms with Gasteiger partial charge >= 0.3 is 5.97 Å². The summed E-state index contributed by atoms with van der Waals surface area (Å²) in [6, 6.07) is 9.70. The van der Waals surface area contributed by atoms with Crippen LogP contribution in [0.15, 0.2) is 36.4 Å². The summed E-state index contributed by atoms with van der Waals surface area (Å²) in [5.41, 5.74) is 0.447. The first-order valence-corrected chi connectivity index (χ1v) is 6.09. The monoisotopic (exact) mass is 297 g/mol. The zero-order valence-electron chi connectivity index (χ0n) is 9.64. The number of carbonyl (C=O) groups is 1. The fourth-order valence-electron chi connectivity index (χ4n) is 1.45. The highest BCUT2D eigenvalue weighted by Crippen LogP contribution is 2.32. The average molecular weight is 298 g/mol. The number of ether oxygens (including phenoxy) is 1. The predicted molar refractivity (Wildman–Crippen MR) is 72.0 cm³/mol. The van der Waals surface area contributed by atoms with Gasteiger partial charge in [0.1, 0.15) is 12.3 Å². The van der Waals surface area contributed by atoms with Crippen LogP contribution in [0.2, 0.25) is 10.0 Å². The molecule has 0 radical (unpaired) electrons. The summed E-state index contributed by atoms with van der Waals surface area (Å²) in [5.74, 6) is -0.731. The molecule has 0 fully saturated rings. The van der Waals surface area contributed by atoms with Crippen LogP contribution in [-0.4, -0.2) is 16.1 Å². The number of carboxylic acids is 1. The molecule has 0 spiro atoms. The third-order valence-electron chi connectivity index (χ3n) is 2.31. The van der Waals surface area contributed by atoms with Gasteiger partial charge in [-0.05, 0) is 24.3 Å². The summed E-state index contributed by atoms with van der Waals surface area (Å²) < 4.78 is 5.47. The Morgan fingerprint density at radius 1 is 1.16 bits per heavy atom. The molecule has 0 saturated heterocycles. The minimum Gasteiger partial charge on any atom is -0.484 e. The highest BCUT2D eigenvalue weighted by Gasteiger charge is 2.09. The Balaban J connectivity index is 2.15. The highest BCUT2D eigenvalue weighted by molar-refractivity contribution is 6.37.